The van der Waals surface area contributed by atoms with Crippen molar-refractivity contribution in [3.63, 3.8) is 0 Å². The number of hydrogen-bond donors (Lipinski definition) is 1. The first kappa shape index (κ1) is 30.6. The number of hydrogen-bond acceptors (Lipinski definition) is 6. The SMILES string of the molecule is CCN(c1cc(-c2ccc(C(=O)N3CCOCC3)cc2)cc(C(=O)NCC2C(=O)N=C(C)C=C2C)c1C)C1CCOCC1. The van der Waals surface area contributed by atoms with Crippen LogP contribution in [0.3, 0.4) is 0 Å². The predicted octanol–water partition coefficient (Wildman–Crippen LogP) is 4.43. The molecule has 0 aromatic heterocycles. The summed E-state index contributed by atoms with van der Waals surface area (Å²) < 4.78 is 11.0. The van der Waals surface area contributed by atoms with Crippen LogP contribution in [-0.4, -0.2) is 87.0 Å². The van der Waals surface area contributed by atoms with Gasteiger partial charge in [0.1, 0.15) is 0 Å². The van der Waals surface area contributed by atoms with Crippen LogP contribution in [0.5, 0.6) is 0 Å². The van der Waals surface area contributed by atoms with Crippen molar-refractivity contribution < 1.29 is 23.9 Å². The molecule has 2 aromatic carbocycles. The third kappa shape index (κ3) is 6.89. The lowest BCUT2D eigenvalue weighted by atomic mass is 9.93. The highest BCUT2D eigenvalue weighted by atomic mass is 16.5. The second-order valence-corrected chi connectivity index (χ2v) is 11.5. The fourth-order valence-electron chi connectivity index (χ4n) is 6.22. The highest BCUT2D eigenvalue weighted by Gasteiger charge is 2.27. The quantitative estimate of drug-likeness (QED) is 0.491. The van der Waals surface area contributed by atoms with Gasteiger partial charge in [-0.05, 0) is 87.6 Å². The van der Waals surface area contributed by atoms with Gasteiger partial charge < -0.3 is 24.6 Å². The topological polar surface area (TPSA) is 101 Å². The van der Waals surface area contributed by atoms with Gasteiger partial charge in [0.05, 0.1) is 19.1 Å². The van der Waals surface area contributed by atoms with Crippen LogP contribution in [0.25, 0.3) is 11.1 Å². The molecule has 9 heteroatoms. The number of nitrogens with one attached hydrogen (secondary N) is 1. The van der Waals surface area contributed by atoms with E-state index in [9.17, 15) is 14.4 Å². The molecule has 2 fully saturated rings. The van der Waals surface area contributed by atoms with E-state index < -0.39 is 5.92 Å². The van der Waals surface area contributed by atoms with Crippen LogP contribution >= 0.6 is 0 Å². The van der Waals surface area contributed by atoms with Crippen LogP contribution in [-0.2, 0) is 14.3 Å². The smallest absolute Gasteiger partial charge is 0.254 e. The van der Waals surface area contributed by atoms with E-state index in [4.69, 9.17) is 9.47 Å². The lowest BCUT2D eigenvalue weighted by Crippen LogP contribution is -2.40. The van der Waals surface area contributed by atoms with Crippen LogP contribution in [0.2, 0.25) is 0 Å². The molecule has 9 nitrogen and oxygen atoms in total. The molecule has 0 radical (unpaired) electrons. The largest absolute Gasteiger partial charge is 0.381 e. The van der Waals surface area contributed by atoms with Gasteiger partial charge in [-0.3, -0.25) is 14.4 Å². The molecule has 2 aromatic rings. The lowest BCUT2D eigenvalue weighted by molar-refractivity contribution is -0.120. The Balaban J connectivity index is 1.46. The van der Waals surface area contributed by atoms with Crippen molar-refractivity contribution in [3.8, 4) is 11.1 Å². The molecule has 1 atom stereocenters. The zero-order chi connectivity index (χ0) is 30.5. The molecule has 3 amide bonds. The van der Waals surface area contributed by atoms with E-state index in [0.717, 1.165) is 60.6 Å². The summed E-state index contributed by atoms with van der Waals surface area (Å²) in [6.45, 7) is 12.5. The summed E-state index contributed by atoms with van der Waals surface area (Å²) in [5.74, 6) is -0.930. The fourth-order valence-corrected chi connectivity index (χ4v) is 6.22. The summed E-state index contributed by atoms with van der Waals surface area (Å²) in [6.07, 6.45) is 3.74. The number of carbonyl (C=O) groups excluding carboxylic acids is 3. The summed E-state index contributed by atoms with van der Waals surface area (Å²) >= 11 is 0. The molecule has 5 rings (SSSR count). The molecule has 0 aliphatic carbocycles. The minimum absolute atomic E-state index is 0.00248. The van der Waals surface area contributed by atoms with E-state index in [1.165, 1.54) is 0 Å². The summed E-state index contributed by atoms with van der Waals surface area (Å²) in [4.78, 5) is 47.6. The predicted molar refractivity (Wildman–Crippen MR) is 168 cm³/mol. The first-order valence-electron chi connectivity index (χ1n) is 15.3. The van der Waals surface area contributed by atoms with Crippen molar-refractivity contribution in [2.24, 2.45) is 10.9 Å². The van der Waals surface area contributed by atoms with Crippen molar-refractivity contribution in [1.82, 2.24) is 10.2 Å². The minimum Gasteiger partial charge on any atom is -0.381 e. The summed E-state index contributed by atoms with van der Waals surface area (Å²) in [5.41, 5.74) is 6.49. The Hall–Kier alpha value is -3.82. The number of nitrogens with zero attached hydrogens (tertiary/aromatic N) is 3. The highest BCUT2D eigenvalue weighted by molar-refractivity contribution is 6.06. The average Bonchev–Trinajstić information content (AvgIpc) is 3.02. The van der Waals surface area contributed by atoms with Crippen LogP contribution in [0.1, 0.15) is 59.9 Å². The number of aliphatic imine (C=N–C) groups is 1. The van der Waals surface area contributed by atoms with E-state index in [1.807, 2.05) is 55.2 Å². The molecular formula is C34H42N4O5. The number of benzene rings is 2. The highest BCUT2D eigenvalue weighted by Crippen LogP contribution is 2.34. The first-order valence-corrected chi connectivity index (χ1v) is 15.3. The Bertz CT molecular complexity index is 1420. The molecule has 3 aliphatic heterocycles. The van der Waals surface area contributed by atoms with E-state index in [0.29, 0.717) is 49.2 Å². The van der Waals surface area contributed by atoms with Crippen molar-refractivity contribution >= 4 is 29.1 Å². The molecule has 228 valence electrons. The fraction of sp³-hybridized carbons (Fsp3) is 0.471. The summed E-state index contributed by atoms with van der Waals surface area (Å²) in [7, 11) is 0. The third-order valence-corrected chi connectivity index (χ3v) is 8.71. The number of dihydropyridines is 1. The monoisotopic (exact) mass is 586 g/mol. The van der Waals surface area contributed by atoms with E-state index in [2.05, 4.69) is 28.2 Å². The molecule has 2 saturated heterocycles. The van der Waals surface area contributed by atoms with Crippen molar-refractivity contribution in [2.75, 3.05) is 57.5 Å². The van der Waals surface area contributed by atoms with Gasteiger partial charge in [-0.1, -0.05) is 17.7 Å². The molecule has 3 aliphatic rings. The average molecular weight is 587 g/mol. The van der Waals surface area contributed by atoms with E-state index >= 15 is 0 Å². The zero-order valence-electron chi connectivity index (χ0n) is 25.7. The summed E-state index contributed by atoms with van der Waals surface area (Å²) in [6, 6.07) is 12.0. The Morgan fingerprint density at radius 1 is 0.977 bits per heavy atom. The minimum atomic E-state index is -0.471. The van der Waals surface area contributed by atoms with Gasteiger partial charge in [-0.2, -0.15) is 0 Å². The second-order valence-electron chi connectivity index (χ2n) is 11.5. The molecule has 0 bridgehead atoms. The van der Waals surface area contributed by atoms with Crippen LogP contribution in [0.15, 0.2) is 53.0 Å². The van der Waals surface area contributed by atoms with Gasteiger partial charge in [-0.15, -0.1) is 0 Å². The number of allylic oxidation sites excluding steroid dienone is 1. The number of anilines is 1. The number of amides is 3. The van der Waals surface area contributed by atoms with Crippen LogP contribution in [0.4, 0.5) is 5.69 Å². The van der Waals surface area contributed by atoms with Gasteiger partial charge in [0.25, 0.3) is 17.7 Å². The van der Waals surface area contributed by atoms with Gasteiger partial charge in [-0.25, -0.2) is 4.99 Å². The number of carbonyl (C=O) groups is 3. The van der Waals surface area contributed by atoms with Gasteiger partial charge in [0.2, 0.25) is 0 Å². The number of rotatable bonds is 8. The third-order valence-electron chi connectivity index (χ3n) is 8.71. The normalized spacial score (nSPS) is 19.5. The molecular weight excluding hydrogens is 544 g/mol. The van der Waals surface area contributed by atoms with Crippen molar-refractivity contribution in [1.29, 1.82) is 0 Å². The maximum absolute atomic E-state index is 13.8. The molecule has 1 unspecified atom stereocenters. The van der Waals surface area contributed by atoms with Crippen LogP contribution < -0.4 is 10.2 Å². The number of morpholine rings is 1. The maximum atomic E-state index is 13.8. The van der Waals surface area contributed by atoms with Gasteiger partial charge in [0, 0.05) is 68.0 Å². The Kier molecular flexibility index (Phi) is 9.72. The molecule has 0 saturated carbocycles. The van der Waals surface area contributed by atoms with E-state index in [-0.39, 0.29) is 24.3 Å². The first-order chi connectivity index (χ1) is 20.8. The maximum Gasteiger partial charge on any atom is 0.254 e. The Morgan fingerprint density at radius 3 is 2.30 bits per heavy atom. The molecule has 43 heavy (non-hydrogen) atoms. The Labute approximate surface area is 253 Å². The Morgan fingerprint density at radius 2 is 1.65 bits per heavy atom. The van der Waals surface area contributed by atoms with E-state index in [1.54, 1.807) is 6.92 Å². The molecule has 0 spiro atoms. The standard InChI is InChI=1S/C34H42N4O5/c1-5-38(28-10-14-42-15-11-28)31-20-27(25-6-8-26(9-7-25)34(41)37-12-16-43-17-13-37)19-29(24(31)4)32(39)35-21-30-22(2)18-23(3)36-33(30)40/h6-9,18-20,28,30H,5,10-17,21H2,1-4H3,(H,35,39). The van der Waals surface area contributed by atoms with Crippen molar-refractivity contribution in [3.05, 3.63) is 64.7 Å². The lowest BCUT2D eigenvalue weighted by Gasteiger charge is -2.37. The zero-order valence-corrected chi connectivity index (χ0v) is 25.7. The molecule has 1 N–H and O–H groups in total. The van der Waals surface area contributed by atoms with Crippen LogP contribution in [0, 0.1) is 12.8 Å². The molecule has 3 heterocycles. The van der Waals surface area contributed by atoms with Gasteiger partial charge in [0.15, 0.2) is 0 Å². The second kappa shape index (κ2) is 13.7. The summed E-state index contributed by atoms with van der Waals surface area (Å²) in [5, 5.41) is 3.02. The van der Waals surface area contributed by atoms with Crippen molar-refractivity contribution in [2.45, 2.75) is 46.6 Å². The number of ether oxygens (including phenoxy) is 2. The van der Waals surface area contributed by atoms with Gasteiger partial charge >= 0.3 is 0 Å².